The van der Waals surface area contributed by atoms with Crippen molar-refractivity contribution in [2.24, 2.45) is 0 Å². The zero-order valence-corrected chi connectivity index (χ0v) is 16.9. The van der Waals surface area contributed by atoms with Gasteiger partial charge in [0.05, 0.1) is 11.8 Å². The Balaban J connectivity index is 1.42. The van der Waals surface area contributed by atoms with Crippen LogP contribution in [0.25, 0.3) is 11.4 Å². The van der Waals surface area contributed by atoms with Gasteiger partial charge in [-0.2, -0.15) is 4.98 Å². The van der Waals surface area contributed by atoms with E-state index in [1.807, 2.05) is 38.1 Å². The van der Waals surface area contributed by atoms with Gasteiger partial charge in [0.25, 0.3) is 11.8 Å². The van der Waals surface area contributed by atoms with Crippen molar-refractivity contribution in [2.75, 3.05) is 5.32 Å². The number of furan rings is 1. The average Bonchev–Trinajstić information content (AvgIpc) is 3.46. The second-order valence-corrected chi connectivity index (χ2v) is 6.86. The standard InChI is InChI=1S/C23H19N3O5/c1-14-6-3-4-7-17(14)21-25-20(31-26-21)13-30-23(28)16-10-9-15(2)18(12-16)24-22(27)19-8-5-11-29-19/h3-12H,13H2,1-2H3,(H,24,27). The minimum atomic E-state index is -0.580. The molecule has 2 aromatic heterocycles. The molecule has 1 amide bonds. The van der Waals surface area contributed by atoms with Gasteiger partial charge < -0.3 is 19.0 Å². The summed E-state index contributed by atoms with van der Waals surface area (Å²) in [5, 5.41) is 6.67. The summed E-state index contributed by atoms with van der Waals surface area (Å²) in [5.41, 5.74) is 3.40. The highest BCUT2D eigenvalue weighted by Crippen LogP contribution is 2.21. The van der Waals surface area contributed by atoms with E-state index in [0.717, 1.165) is 16.7 Å². The van der Waals surface area contributed by atoms with Crippen molar-refractivity contribution in [1.82, 2.24) is 10.1 Å². The molecule has 2 aromatic carbocycles. The Hall–Kier alpha value is -4.20. The SMILES string of the molecule is Cc1ccc(C(=O)OCc2nc(-c3ccccc3C)no2)cc1NC(=O)c1ccco1. The molecule has 0 saturated heterocycles. The highest BCUT2D eigenvalue weighted by Gasteiger charge is 2.16. The number of anilines is 1. The van der Waals surface area contributed by atoms with Crippen LogP contribution < -0.4 is 5.32 Å². The molecule has 4 aromatic rings. The lowest BCUT2D eigenvalue weighted by Gasteiger charge is -2.09. The Labute approximate surface area is 177 Å². The lowest BCUT2D eigenvalue weighted by Crippen LogP contribution is -2.13. The molecular weight excluding hydrogens is 398 g/mol. The summed E-state index contributed by atoms with van der Waals surface area (Å²) >= 11 is 0. The van der Waals surface area contributed by atoms with E-state index in [0.29, 0.717) is 11.5 Å². The molecule has 0 bridgehead atoms. The van der Waals surface area contributed by atoms with Crippen molar-refractivity contribution in [2.45, 2.75) is 20.5 Å². The van der Waals surface area contributed by atoms with Crippen LogP contribution in [0.5, 0.6) is 0 Å². The molecule has 0 spiro atoms. The summed E-state index contributed by atoms with van der Waals surface area (Å²) in [6.07, 6.45) is 1.41. The molecular formula is C23H19N3O5. The van der Waals surface area contributed by atoms with Gasteiger partial charge >= 0.3 is 5.97 Å². The van der Waals surface area contributed by atoms with Crippen LogP contribution in [-0.2, 0) is 11.3 Å². The molecule has 0 fully saturated rings. The van der Waals surface area contributed by atoms with Crippen LogP contribution in [0.3, 0.4) is 0 Å². The Bertz CT molecular complexity index is 1230. The first-order chi connectivity index (χ1) is 15.0. The number of aryl methyl sites for hydroxylation is 2. The number of carbonyl (C=O) groups is 2. The quantitative estimate of drug-likeness (QED) is 0.458. The molecule has 0 aliphatic heterocycles. The Morgan fingerprint density at radius 2 is 1.87 bits per heavy atom. The molecule has 8 nitrogen and oxygen atoms in total. The van der Waals surface area contributed by atoms with E-state index in [-0.39, 0.29) is 23.8 Å². The van der Waals surface area contributed by atoms with Gasteiger partial charge in [0, 0.05) is 11.3 Å². The van der Waals surface area contributed by atoms with Gasteiger partial charge in [0.1, 0.15) is 0 Å². The number of carbonyl (C=O) groups excluding carboxylic acids is 2. The molecule has 1 N–H and O–H groups in total. The predicted molar refractivity (Wildman–Crippen MR) is 111 cm³/mol. The van der Waals surface area contributed by atoms with E-state index < -0.39 is 11.9 Å². The number of ether oxygens (including phenoxy) is 1. The first-order valence-electron chi connectivity index (χ1n) is 9.52. The van der Waals surface area contributed by atoms with Gasteiger partial charge in [0.2, 0.25) is 5.82 Å². The first-order valence-corrected chi connectivity index (χ1v) is 9.52. The first kappa shape index (κ1) is 20.1. The van der Waals surface area contributed by atoms with Crippen molar-refractivity contribution in [1.29, 1.82) is 0 Å². The van der Waals surface area contributed by atoms with Gasteiger partial charge in [-0.25, -0.2) is 4.79 Å². The van der Waals surface area contributed by atoms with Gasteiger partial charge in [-0.05, 0) is 49.2 Å². The normalized spacial score (nSPS) is 10.6. The summed E-state index contributed by atoms with van der Waals surface area (Å²) in [4.78, 5) is 29.0. The van der Waals surface area contributed by atoms with Crippen LogP contribution in [0.2, 0.25) is 0 Å². The second kappa shape index (κ2) is 8.66. The molecule has 31 heavy (non-hydrogen) atoms. The topological polar surface area (TPSA) is 107 Å². The molecule has 0 aliphatic rings. The van der Waals surface area contributed by atoms with E-state index in [1.54, 1.807) is 30.3 Å². The van der Waals surface area contributed by atoms with Crippen molar-refractivity contribution in [3.63, 3.8) is 0 Å². The highest BCUT2D eigenvalue weighted by molar-refractivity contribution is 6.03. The lowest BCUT2D eigenvalue weighted by molar-refractivity contribution is 0.0429. The fourth-order valence-electron chi connectivity index (χ4n) is 2.93. The van der Waals surface area contributed by atoms with Crippen molar-refractivity contribution >= 4 is 17.6 Å². The van der Waals surface area contributed by atoms with Crippen molar-refractivity contribution < 1.29 is 23.3 Å². The highest BCUT2D eigenvalue weighted by atomic mass is 16.6. The maximum atomic E-state index is 12.5. The average molecular weight is 417 g/mol. The van der Waals surface area contributed by atoms with Crippen LogP contribution >= 0.6 is 0 Å². The predicted octanol–water partition coefficient (Wildman–Crippen LogP) is 4.56. The number of nitrogens with one attached hydrogen (secondary N) is 1. The Kier molecular flexibility index (Phi) is 5.61. The van der Waals surface area contributed by atoms with Crippen molar-refractivity contribution in [3.8, 4) is 11.4 Å². The minimum Gasteiger partial charge on any atom is -0.459 e. The van der Waals surface area contributed by atoms with Crippen LogP contribution in [0.4, 0.5) is 5.69 Å². The Morgan fingerprint density at radius 1 is 1.03 bits per heavy atom. The third kappa shape index (κ3) is 4.53. The maximum Gasteiger partial charge on any atom is 0.338 e. The summed E-state index contributed by atoms with van der Waals surface area (Å²) in [6.45, 7) is 3.60. The minimum absolute atomic E-state index is 0.167. The van der Waals surface area contributed by atoms with E-state index in [2.05, 4.69) is 15.5 Å². The summed E-state index contributed by atoms with van der Waals surface area (Å²) in [7, 11) is 0. The van der Waals surface area contributed by atoms with Gasteiger partial charge in [-0.1, -0.05) is 35.5 Å². The Morgan fingerprint density at radius 3 is 2.65 bits per heavy atom. The largest absolute Gasteiger partial charge is 0.459 e. The van der Waals surface area contributed by atoms with Crippen LogP contribution in [0, 0.1) is 13.8 Å². The molecule has 8 heteroatoms. The fraction of sp³-hybridized carbons (Fsp3) is 0.130. The number of aromatic nitrogens is 2. The van der Waals surface area contributed by atoms with E-state index in [9.17, 15) is 9.59 Å². The number of esters is 1. The monoisotopic (exact) mass is 417 g/mol. The van der Waals surface area contributed by atoms with E-state index >= 15 is 0 Å². The molecule has 0 atom stereocenters. The summed E-state index contributed by atoms with van der Waals surface area (Å²) in [5.74, 6) is -0.196. The molecule has 0 aliphatic carbocycles. The van der Waals surface area contributed by atoms with E-state index in [1.165, 1.54) is 6.26 Å². The number of rotatable bonds is 6. The molecule has 0 unspecified atom stereocenters. The fourth-order valence-corrected chi connectivity index (χ4v) is 2.93. The van der Waals surface area contributed by atoms with Gasteiger partial charge in [-0.15, -0.1) is 0 Å². The van der Waals surface area contributed by atoms with E-state index in [4.69, 9.17) is 13.7 Å². The third-order valence-electron chi connectivity index (χ3n) is 4.65. The molecule has 4 rings (SSSR count). The number of hydrogen-bond donors (Lipinski definition) is 1. The van der Waals surface area contributed by atoms with Crippen LogP contribution in [0.15, 0.2) is 69.8 Å². The van der Waals surface area contributed by atoms with Crippen LogP contribution in [-0.4, -0.2) is 22.0 Å². The second-order valence-electron chi connectivity index (χ2n) is 6.86. The smallest absolute Gasteiger partial charge is 0.338 e. The number of benzene rings is 2. The van der Waals surface area contributed by atoms with Crippen molar-refractivity contribution in [3.05, 3.63) is 89.2 Å². The number of amides is 1. The summed E-state index contributed by atoms with van der Waals surface area (Å²) in [6, 6.07) is 15.7. The molecule has 2 heterocycles. The van der Waals surface area contributed by atoms with Gasteiger partial charge in [-0.3, -0.25) is 4.79 Å². The molecule has 0 saturated carbocycles. The van der Waals surface area contributed by atoms with Crippen LogP contribution in [0.1, 0.15) is 37.9 Å². The number of nitrogens with zero attached hydrogens (tertiary/aromatic N) is 2. The van der Waals surface area contributed by atoms with Gasteiger partial charge in [0.15, 0.2) is 12.4 Å². The zero-order valence-electron chi connectivity index (χ0n) is 16.9. The molecule has 0 radical (unpaired) electrons. The molecule has 156 valence electrons. The zero-order chi connectivity index (χ0) is 21.8. The summed E-state index contributed by atoms with van der Waals surface area (Å²) < 4.78 is 15.6. The number of hydrogen-bond acceptors (Lipinski definition) is 7. The lowest BCUT2D eigenvalue weighted by atomic mass is 10.1. The third-order valence-corrected chi connectivity index (χ3v) is 4.65. The maximum absolute atomic E-state index is 12.5.